The molecular weight excluding hydrogens is 591 g/mol. The number of nitrogens with one attached hydrogen (secondary N) is 1. The van der Waals surface area contributed by atoms with Gasteiger partial charge >= 0.3 is 18.3 Å². The molecule has 2 aliphatic rings. The van der Waals surface area contributed by atoms with Gasteiger partial charge in [0.25, 0.3) is 0 Å². The van der Waals surface area contributed by atoms with E-state index in [4.69, 9.17) is 9.47 Å². The first-order valence-electron chi connectivity index (χ1n) is 15.1. The maximum atomic E-state index is 13.9. The van der Waals surface area contributed by atoms with E-state index >= 15 is 0 Å². The first kappa shape index (κ1) is 34.2. The van der Waals surface area contributed by atoms with Crippen molar-refractivity contribution in [3.8, 4) is 0 Å². The lowest BCUT2D eigenvalue weighted by Gasteiger charge is -2.39. The molecule has 0 radical (unpaired) electrons. The Morgan fingerprint density at radius 3 is 2.00 bits per heavy atom. The molecule has 2 aliphatic carbocycles. The fraction of sp³-hybridized carbons (Fsp3) is 0.606. The lowest BCUT2D eigenvalue weighted by molar-refractivity contribution is -0.165. The molecule has 0 heterocycles. The Labute approximate surface area is 253 Å². The van der Waals surface area contributed by atoms with Gasteiger partial charge in [0, 0.05) is 5.92 Å². The summed E-state index contributed by atoms with van der Waals surface area (Å²) in [6, 6.07) is 7.34. The Hall–Kier alpha value is -2.66. The van der Waals surface area contributed by atoms with Gasteiger partial charge in [-0.2, -0.15) is 26.3 Å². The molecule has 0 aromatic heterocycles. The standard InChI is InChI=1S/C33H40F7NO3/c1-20(23-16-24(32(35,36)37)18-25(17-23)33(38,39)40)43-27-13-10-22(28(27)21-8-11-26(34)12-9-21)19-41-31(14-6-5-7-15-31)29(42)44-30(2,3)4/h8-9,11-12,16-18,20,22,27-28,41H,5-7,10,13-15,19H2,1-4H3. The van der Waals surface area contributed by atoms with Crippen molar-refractivity contribution in [1.82, 2.24) is 5.32 Å². The molecule has 244 valence electrons. The molecule has 1 N–H and O–H groups in total. The molecule has 0 saturated heterocycles. The molecule has 0 bridgehead atoms. The first-order valence-corrected chi connectivity index (χ1v) is 15.1. The number of carbonyl (C=O) groups is 1. The van der Waals surface area contributed by atoms with Crippen molar-refractivity contribution in [1.29, 1.82) is 0 Å². The zero-order valence-electron chi connectivity index (χ0n) is 25.4. The van der Waals surface area contributed by atoms with Crippen molar-refractivity contribution in [2.24, 2.45) is 5.92 Å². The topological polar surface area (TPSA) is 47.6 Å². The van der Waals surface area contributed by atoms with Gasteiger partial charge in [0.2, 0.25) is 0 Å². The smallest absolute Gasteiger partial charge is 0.416 e. The fourth-order valence-electron chi connectivity index (χ4n) is 6.46. The monoisotopic (exact) mass is 631 g/mol. The molecule has 0 amide bonds. The number of esters is 1. The van der Waals surface area contributed by atoms with E-state index in [0.717, 1.165) is 24.8 Å². The molecule has 2 aromatic carbocycles. The summed E-state index contributed by atoms with van der Waals surface area (Å²) in [7, 11) is 0. The highest BCUT2D eigenvalue weighted by molar-refractivity contribution is 5.81. The lowest BCUT2D eigenvalue weighted by Crippen LogP contribution is -2.56. The molecule has 4 nitrogen and oxygen atoms in total. The Morgan fingerprint density at radius 1 is 0.909 bits per heavy atom. The SMILES string of the molecule is CC(OC1CCC(CNC2(C(=O)OC(C)(C)C)CCCCC2)C1c1ccc(F)cc1)c1cc(C(F)(F)F)cc(C(F)(F)F)c1. The average Bonchev–Trinajstić information content (AvgIpc) is 3.32. The number of benzene rings is 2. The Balaban J connectivity index is 1.60. The highest BCUT2D eigenvalue weighted by Gasteiger charge is 2.45. The van der Waals surface area contributed by atoms with Crippen LogP contribution in [0.15, 0.2) is 42.5 Å². The van der Waals surface area contributed by atoms with Crippen LogP contribution < -0.4 is 5.32 Å². The summed E-state index contributed by atoms with van der Waals surface area (Å²) in [5, 5.41) is 3.51. The van der Waals surface area contributed by atoms with Crippen molar-refractivity contribution in [2.45, 2.75) is 114 Å². The maximum absolute atomic E-state index is 13.9. The van der Waals surface area contributed by atoms with Crippen LogP contribution in [0.2, 0.25) is 0 Å². The third-order valence-corrected chi connectivity index (χ3v) is 8.64. The van der Waals surface area contributed by atoms with Crippen molar-refractivity contribution < 1.29 is 45.0 Å². The quantitative estimate of drug-likeness (QED) is 0.233. The number of rotatable bonds is 8. The van der Waals surface area contributed by atoms with Gasteiger partial charge in [0.15, 0.2) is 0 Å². The maximum Gasteiger partial charge on any atom is 0.416 e. The predicted molar refractivity (Wildman–Crippen MR) is 151 cm³/mol. The van der Waals surface area contributed by atoms with Gasteiger partial charge in [-0.25, -0.2) is 4.39 Å². The second kappa shape index (κ2) is 13.0. The van der Waals surface area contributed by atoms with E-state index in [1.54, 1.807) is 12.1 Å². The fourth-order valence-corrected chi connectivity index (χ4v) is 6.46. The van der Waals surface area contributed by atoms with Crippen molar-refractivity contribution in [2.75, 3.05) is 6.54 Å². The molecule has 11 heteroatoms. The molecular formula is C33H40F7NO3. The van der Waals surface area contributed by atoms with E-state index in [1.807, 2.05) is 20.8 Å². The van der Waals surface area contributed by atoms with Gasteiger partial charge in [-0.1, -0.05) is 31.4 Å². The number of ether oxygens (including phenoxy) is 2. The van der Waals surface area contributed by atoms with Crippen molar-refractivity contribution in [3.05, 3.63) is 70.5 Å². The van der Waals surface area contributed by atoms with Crippen molar-refractivity contribution >= 4 is 5.97 Å². The van der Waals surface area contributed by atoms with Crippen LogP contribution in [0.3, 0.4) is 0 Å². The van der Waals surface area contributed by atoms with E-state index in [9.17, 15) is 35.5 Å². The van der Waals surface area contributed by atoms with E-state index in [0.29, 0.717) is 44.4 Å². The molecule has 2 fully saturated rings. The van der Waals surface area contributed by atoms with Gasteiger partial charge < -0.3 is 14.8 Å². The predicted octanol–water partition coefficient (Wildman–Crippen LogP) is 9.14. The Morgan fingerprint density at radius 2 is 1.48 bits per heavy atom. The van der Waals surface area contributed by atoms with Gasteiger partial charge in [0.1, 0.15) is 17.0 Å². The minimum absolute atomic E-state index is 0.0978. The normalized spacial score (nSPS) is 23.4. The summed E-state index contributed by atoms with van der Waals surface area (Å²) in [6.07, 6.45) is -6.56. The summed E-state index contributed by atoms with van der Waals surface area (Å²) in [4.78, 5) is 13.4. The number of hydrogen-bond donors (Lipinski definition) is 1. The summed E-state index contributed by atoms with van der Waals surface area (Å²) < 4.78 is 107. The largest absolute Gasteiger partial charge is 0.459 e. The second-order valence-electron chi connectivity index (χ2n) is 13.1. The van der Waals surface area contributed by atoms with Crippen LogP contribution in [0.1, 0.15) is 107 Å². The van der Waals surface area contributed by atoms with Crippen LogP contribution in [-0.4, -0.2) is 29.8 Å². The van der Waals surface area contributed by atoms with E-state index < -0.39 is 52.6 Å². The summed E-state index contributed by atoms with van der Waals surface area (Å²) in [5.74, 6) is -1.21. The highest BCUT2D eigenvalue weighted by Crippen LogP contribution is 2.45. The zero-order chi connectivity index (χ0) is 32.5. The molecule has 2 aromatic rings. The molecule has 0 aliphatic heterocycles. The minimum Gasteiger partial charge on any atom is -0.459 e. The van der Waals surface area contributed by atoms with Gasteiger partial charge in [-0.15, -0.1) is 0 Å². The summed E-state index contributed by atoms with van der Waals surface area (Å²) >= 11 is 0. The highest BCUT2D eigenvalue weighted by atomic mass is 19.4. The van der Waals surface area contributed by atoms with Gasteiger partial charge in [-0.05, 0) is 107 Å². The van der Waals surface area contributed by atoms with Crippen LogP contribution in [0, 0.1) is 11.7 Å². The Kier molecular flexibility index (Phi) is 10.1. The number of alkyl halides is 6. The minimum atomic E-state index is -4.97. The molecule has 4 unspecified atom stereocenters. The van der Waals surface area contributed by atoms with Crippen LogP contribution >= 0.6 is 0 Å². The first-order chi connectivity index (χ1) is 20.4. The number of halogens is 7. The third kappa shape index (κ3) is 8.33. The number of hydrogen-bond acceptors (Lipinski definition) is 4. The molecule has 2 saturated carbocycles. The van der Waals surface area contributed by atoms with Gasteiger partial charge in [-0.3, -0.25) is 4.79 Å². The van der Waals surface area contributed by atoms with E-state index in [2.05, 4.69) is 5.32 Å². The molecule has 4 rings (SSSR count). The third-order valence-electron chi connectivity index (χ3n) is 8.64. The average molecular weight is 632 g/mol. The summed E-state index contributed by atoms with van der Waals surface area (Å²) in [5.41, 5.74) is -3.84. The van der Waals surface area contributed by atoms with E-state index in [1.165, 1.54) is 19.1 Å². The second-order valence-corrected chi connectivity index (χ2v) is 13.1. The van der Waals surface area contributed by atoms with Crippen LogP contribution in [0.5, 0.6) is 0 Å². The van der Waals surface area contributed by atoms with Crippen LogP contribution in [0.25, 0.3) is 0 Å². The molecule has 0 spiro atoms. The zero-order valence-corrected chi connectivity index (χ0v) is 25.4. The number of carbonyl (C=O) groups excluding carboxylic acids is 1. The molecule has 4 atom stereocenters. The van der Waals surface area contributed by atoms with E-state index in [-0.39, 0.29) is 29.4 Å². The summed E-state index contributed by atoms with van der Waals surface area (Å²) in [6.45, 7) is 7.27. The lowest BCUT2D eigenvalue weighted by atomic mass is 9.80. The van der Waals surface area contributed by atoms with Crippen LogP contribution in [-0.2, 0) is 26.6 Å². The van der Waals surface area contributed by atoms with Crippen LogP contribution in [0.4, 0.5) is 30.7 Å². The van der Waals surface area contributed by atoms with Crippen molar-refractivity contribution in [3.63, 3.8) is 0 Å². The molecule has 44 heavy (non-hydrogen) atoms. The van der Waals surface area contributed by atoms with Gasteiger partial charge in [0.05, 0.1) is 23.3 Å². The Bertz CT molecular complexity index is 1250.